The summed E-state index contributed by atoms with van der Waals surface area (Å²) >= 11 is 0. The predicted molar refractivity (Wildman–Crippen MR) is 109 cm³/mol. The van der Waals surface area contributed by atoms with Gasteiger partial charge >= 0.3 is 0 Å². The van der Waals surface area contributed by atoms with E-state index in [0.29, 0.717) is 18.7 Å². The summed E-state index contributed by atoms with van der Waals surface area (Å²) in [5.74, 6) is 0.663. The number of benzene rings is 2. The van der Waals surface area contributed by atoms with Gasteiger partial charge in [0.05, 0.1) is 12.8 Å². The number of furan rings is 1. The van der Waals surface area contributed by atoms with Crippen molar-refractivity contribution in [3.63, 3.8) is 0 Å². The molecule has 0 fully saturated rings. The van der Waals surface area contributed by atoms with Crippen LogP contribution in [0.5, 0.6) is 0 Å². The molecule has 0 radical (unpaired) electrons. The van der Waals surface area contributed by atoms with Crippen LogP contribution >= 0.6 is 0 Å². The average molecular weight is 375 g/mol. The van der Waals surface area contributed by atoms with Crippen LogP contribution in [0.1, 0.15) is 45.7 Å². The first-order chi connectivity index (χ1) is 13.5. The van der Waals surface area contributed by atoms with Crippen molar-refractivity contribution in [1.29, 1.82) is 0 Å². The van der Waals surface area contributed by atoms with Crippen LogP contribution < -0.4 is 0 Å². The molecule has 2 aromatic carbocycles. The lowest BCUT2D eigenvalue weighted by Gasteiger charge is -2.22. The number of Topliss-reactive ketones (excluding diaryl/α,β-unsaturated/α-hetero) is 1. The number of rotatable bonds is 8. The Morgan fingerprint density at radius 1 is 0.857 bits per heavy atom. The van der Waals surface area contributed by atoms with E-state index in [0.717, 1.165) is 22.5 Å². The molecule has 0 aliphatic rings. The molecule has 1 amide bonds. The van der Waals surface area contributed by atoms with Crippen molar-refractivity contribution in [2.45, 2.75) is 39.8 Å². The van der Waals surface area contributed by atoms with Gasteiger partial charge in [-0.3, -0.25) is 9.59 Å². The fourth-order valence-electron chi connectivity index (χ4n) is 3.06. The molecule has 28 heavy (non-hydrogen) atoms. The summed E-state index contributed by atoms with van der Waals surface area (Å²) < 4.78 is 5.41. The number of hydrogen-bond donors (Lipinski definition) is 0. The highest BCUT2D eigenvalue weighted by Gasteiger charge is 2.18. The Labute approximate surface area is 165 Å². The molecule has 0 atom stereocenters. The van der Waals surface area contributed by atoms with Crippen molar-refractivity contribution in [2.75, 3.05) is 0 Å². The normalized spacial score (nSPS) is 10.6. The largest absolute Gasteiger partial charge is 0.467 e. The quantitative estimate of drug-likeness (QED) is 0.515. The van der Waals surface area contributed by atoms with Gasteiger partial charge in [0, 0.05) is 24.9 Å². The molecule has 0 unspecified atom stereocenters. The second-order valence-corrected chi connectivity index (χ2v) is 7.04. The molecule has 144 valence electrons. The first kappa shape index (κ1) is 19.6. The summed E-state index contributed by atoms with van der Waals surface area (Å²) in [6, 6.07) is 19.2. The van der Waals surface area contributed by atoms with E-state index in [4.69, 9.17) is 4.42 Å². The maximum Gasteiger partial charge on any atom is 0.223 e. The summed E-state index contributed by atoms with van der Waals surface area (Å²) in [5, 5.41) is 0. The Balaban J connectivity index is 1.66. The smallest absolute Gasteiger partial charge is 0.223 e. The van der Waals surface area contributed by atoms with E-state index in [1.54, 1.807) is 11.2 Å². The zero-order chi connectivity index (χ0) is 19.9. The van der Waals surface area contributed by atoms with E-state index in [-0.39, 0.29) is 24.5 Å². The second-order valence-electron chi connectivity index (χ2n) is 7.04. The Morgan fingerprint density at radius 3 is 2.32 bits per heavy atom. The van der Waals surface area contributed by atoms with E-state index in [1.807, 2.05) is 74.5 Å². The third-order valence-electron chi connectivity index (χ3n) is 4.89. The third-order valence-corrected chi connectivity index (χ3v) is 4.89. The molecule has 1 aromatic heterocycles. The van der Waals surface area contributed by atoms with Gasteiger partial charge in [-0.25, -0.2) is 0 Å². The standard InChI is InChI=1S/C24H25NO3/c1-18-10-11-21(15-19(18)2)23(26)12-13-24(27)25(17-22-9-6-14-28-22)16-20-7-4-3-5-8-20/h3-11,14-15H,12-13,16-17H2,1-2H3. The Bertz CT molecular complexity index is 930. The molecule has 4 heteroatoms. The minimum atomic E-state index is -0.0579. The van der Waals surface area contributed by atoms with Crippen LogP contribution in [-0.2, 0) is 17.9 Å². The summed E-state index contributed by atoms with van der Waals surface area (Å²) in [6.45, 7) is 4.88. The molecule has 0 N–H and O–H groups in total. The number of carbonyl (C=O) groups is 2. The number of ketones is 1. The molecule has 4 nitrogen and oxygen atoms in total. The Kier molecular flexibility index (Phi) is 6.43. The molecule has 3 rings (SSSR count). The van der Waals surface area contributed by atoms with Gasteiger partial charge in [-0.05, 0) is 48.7 Å². The van der Waals surface area contributed by atoms with E-state index < -0.39 is 0 Å². The molecule has 1 heterocycles. The second kappa shape index (κ2) is 9.18. The first-order valence-corrected chi connectivity index (χ1v) is 9.47. The van der Waals surface area contributed by atoms with Crippen molar-refractivity contribution in [3.8, 4) is 0 Å². The SMILES string of the molecule is Cc1ccc(C(=O)CCC(=O)N(Cc2ccccc2)Cc2ccco2)cc1C. The molecule has 0 aliphatic heterocycles. The lowest BCUT2D eigenvalue weighted by Crippen LogP contribution is -2.30. The average Bonchev–Trinajstić information content (AvgIpc) is 3.21. The van der Waals surface area contributed by atoms with Gasteiger partial charge in [-0.15, -0.1) is 0 Å². The van der Waals surface area contributed by atoms with Gasteiger partial charge in [-0.2, -0.15) is 0 Å². The maximum absolute atomic E-state index is 12.9. The summed E-state index contributed by atoms with van der Waals surface area (Å²) in [6.07, 6.45) is 1.98. The van der Waals surface area contributed by atoms with Gasteiger partial charge in [0.25, 0.3) is 0 Å². The van der Waals surface area contributed by atoms with Gasteiger partial charge in [-0.1, -0.05) is 42.5 Å². The molecule has 0 saturated heterocycles. The van der Waals surface area contributed by atoms with E-state index in [9.17, 15) is 9.59 Å². The van der Waals surface area contributed by atoms with Crippen molar-refractivity contribution < 1.29 is 14.0 Å². The van der Waals surface area contributed by atoms with Crippen LogP contribution in [0.3, 0.4) is 0 Å². The highest BCUT2D eigenvalue weighted by atomic mass is 16.3. The molecule has 0 aliphatic carbocycles. The molecular weight excluding hydrogens is 350 g/mol. The van der Waals surface area contributed by atoms with E-state index in [1.165, 1.54) is 0 Å². The Morgan fingerprint density at radius 2 is 1.64 bits per heavy atom. The van der Waals surface area contributed by atoms with Crippen molar-refractivity contribution in [3.05, 3.63) is 94.9 Å². The van der Waals surface area contributed by atoms with Crippen LogP contribution in [-0.4, -0.2) is 16.6 Å². The zero-order valence-corrected chi connectivity index (χ0v) is 16.4. The Hall–Kier alpha value is -3.14. The maximum atomic E-state index is 12.9. The lowest BCUT2D eigenvalue weighted by atomic mass is 10.0. The monoisotopic (exact) mass is 375 g/mol. The van der Waals surface area contributed by atoms with Crippen LogP contribution in [0.2, 0.25) is 0 Å². The van der Waals surface area contributed by atoms with Crippen molar-refractivity contribution >= 4 is 11.7 Å². The van der Waals surface area contributed by atoms with Crippen LogP contribution in [0.15, 0.2) is 71.3 Å². The highest BCUT2D eigenvalue weighted by Crippen LogP contribution is 2.16. The molecule has 0 bridgehead atoms. The zero-order valence-electron chi connectivity index (χ0n) is 16.4. The fourth-order valence-corrected chi connectivity index (χ4v) is 3.06. The number of carbonyl (C=O) groups excluding carboxylic acids is 2. The van der Waals surface area contributed by atoms with Crippen LogP contribution in [0.25, 0.3) is 0 Å². The van der Waals surface area contributed by atoms with Crippen molar-refractivity contribution in [1.82, 2.24) is 4.90 Å². The van der Waals surface area contributed by atoms with Crippen LogP contribution in [0.4, 0.5) is 0 Å². The van der Waals surface area contributed by atoms with E-state index >= 15 is 0 Å². The number of nitrogens with zero attached hydrogens (tertiary/aromatic N) is 1. The highest BCUT2D eigenvalue weighted by molar-refractivity contribution is 5.98. The van der Waals surface area contributed by atoms with Crippen LogP contribution in [0, 0.1) is 13.8 Å². The van der Waals surface area contributed by atoms with Gasteiger partial charge in [0.15, 0.2) is 5.78 Å². The van der Waals surface area contributed by atoms with Gasteiger partial charge < -0.3 is 9.32 Å². The molecule has 3 aromatic rings. The fraction of sp³-hybridized carbons (Fsp3) is 0.250. The van der Waals surface area contributed by atoms with Gasteiger partial charge in [0.2, 0.25) is 5.91 Å². The molecular formula is C24H25NO3. The topological polar surface area (TPSA) is 50.5 Å². The number of hydrogen-bond acceptors (Lipinski definition) is 3. The lowest BCUT2D eigenvalue weighted by molar-refractivity contribution is -0.132. The van der Waals surface area contributed by atoms with Crippen molar-refractivity contribution in [2.24, 2.45) is 0 Å². The third kappa shape index (κ3) is 5.19. The first-order valence-electron chi connectivity index (χ1n) is 9.47. The summed E-state index contributed by atoms with van der Waals surface area (Å²) in [7, 11) is 0. The minimum Gasteiger partial charge on any atom is -0.467 e. The molecule has 0 spiro atoms. The summed E-state index contributed by atoms with van der Waals surface area (Å²) in [5.41, 5.74) is 3.94. The summed E-state index contributed by atoms with van der Waals surface area (Å²) in [4.78, 5) is 27.1. The number of aryl methyl sites for hydroxylation is 2. The molecule has 0 saturated carbocycles. The minimum absolute atomic E-state index is 0.00545. The van der Waals surface area contributed by atoms with Gasteiger partial charge in [0.1, 0.15) is 5.76 Å². The number of amides is 1. The van der Waals surface area contributed by atoms with E-state index in [2.05, 4.69) is 0 Å². The predicted octanol–water partition coefficient (Wildman–Crippen LogP) is 5.09.